The number of sulfonamides is 1. The highest BCUT2D eigenvalue weighted by molar-refractivity contribution is 7.89. The van der Waals surface area contributed by atoms with E-state index in [1.54, 1.807) is 17.0 Å². The molecule has 0 aromatic heterocycles. The first-order chi connectivity index (χ1) is 10.4. The van der Waals surface area contributed by atoms with Gasteiger partial charge >= 0.3 is 0 Å². The number of carbonyl (C=O) groups is 1. The van der Waals surface area contributed by atoms with E-state index in [1.807, 2.05) is 6.92 Å². The first kappa shape index (κ1) is 16.9. The average Bonchev–Trinajstić information content (AvgIpc) is 2.80. The van der Waals surface area contributed by atoms with E-state index in [0.29, 0.717) is 25.9 Å². The highest BCUT2D eigenvalue weighted by atomic mass is 32.2. The molecule has 0 aliphatic carbocycles. The summed E-state index contributed by atoms with van der Waals surface area (Å²) in [5.74, 6) is -0.212. The smallest absolute Gasteiger partial charge is 0.223 e. The second-order valence-electron chi connectivity index (χ2n) is 5.64. The Balaban J connectivity index is 1.87. The molecule has 1 fully saturated rings. The summed E-state index contributed by atoms with van der Waals surface area (Å²) in [5, 5.41) is 0. The van der Waals surface area contributed by atoms with Crippen LogP contribution in [-0.4, -0.2) is 38.1 Å². The van der Waals surface area contributed by atoms with E-state index in [0.717, 1.165) is 5.56 Å². The van der Waals surface area contributed by atoms with Crippen LogP contribution in [0.4, 0.5) is 4.39 Å². The van der Waals surface area contributed by atoms with Gasteiger partial charge in [-0.3, -0.25) is 4.79 Å². The van der Waals surface area contributed by atoms with Gasteiger partial charge in [-0.25, -0.2) is 17.5 Å². The molecule has 1 N–H and O–H groups in total. The second kappa shape index (κ2) is 7.19. The lowest BCUT2D eigenvalue weighted by Gasteiger charge is -2.17. The van der Waals surface area contributed by atoms with Gasteiger partial charge < -0.3 is 4.90 Å². The van der Waals surface area contributed by atoms with Crippen molar-refractivity contribution in [2.24, 2.45) is 5.92 Å². The molecule has 1 aromatic rings. The van der Waals surface area contributed by atoms with Crippen LogP contribution in [0.1, 0.15) is 25.3 Å². The van der Waals surface area contributed by atoms with Crippen molar-refractivity contribution < 1.29 is 17.6 Å². The Labute approximate surface area is 130 Å². The third kappa shape index (κ3) is 4.78. The van der Waals surface area contributed by atoms with E-state index >= 15 is 0 Å². The predicted molar refractivity (Wildman–Crippen MR) is 82.0 cm³/mol. The maximum Gasteiger partial charge on any atom is 0.223 e. The van der Waals surface area contributed by atoms with Crippen LogP contribution < -0.4 is 4.72 Å². The zero-order valence-electron chi connectivity index (χ0n) is 12.6. The molecule has 1 aliphatic rings. The summed E-state index contributed by atoms with van der Waals surface area (Å²) in [4.78, 5) is 13.7. The van der Waals surface area contributed by atoms with Gasteiger partial charge in [0.1, 0.15) is 5.82 Å². The van der Waals surface area contributed by atoms with Crippen LogP contribution in [0.2, 0.25) is 0 Å². The Bertz CT molecular complexity index is 616. The van der Waals surface area contributed by atoms with E-state index in [4.69, 9.17) is 0 Å². The molecule has 1 heterocycles. The van der Waals surface area contributed by atoms with Gasteiger partial charge in [-0.15, -0.1) is 0 Å². The van der Waals surface area contributed by atoms with Crippen LogP contribution in [-0.2, 0) is 21.4 Å². The Morgan fingerprint density at radius 1 is 1.32 bits per heavy atom. The molecular formula is C15H21FN2O3S. The summed E-state index contributed by atoms with van der Waals surface area (Å²) in [6.45, 7) is 3.04. The summed E-state index contributed by atoms with van der Waals surface area (Å²) in [6.07, 6.45) is 0.908. The minimum absolute atomic E-state index is 0.00372. The van der Waals surface area contributed by atoms with E-state index < -0.39 is 10.0 Å². The standard InChI is InChI=1S/C15H21FN2O3S/c1-2-7-22(20,21)17-9-13-8-15(19)18(11-13)10-12-3-5-14(16)6-4-12/h3-6,13,17H,2,7-11H2,1H3/t13-/m1/s1. The number of hydrogen-bond donors (Lipinski definition) is 1. The molecule has 0 spiro atoms. The van der Waals surface area contributed by atoms with Gasteiger partial charge in [0.05, 0.1) is 5.75 Å². The summed E-state index contributed by atoms with van der Waals surface area (Å²) in [7, 11) is -3.24. The van der Waals surface area contributed by atoms with Gasteiger partial charge in [0, 0.05) is 26.1 Å². The van der Waals surface area contributed by atoms with Crippen molar-refractivity contribution in [1.82, 2.24) is 9.62 Å². The van der Waals surface area contributed by atoms with Gasteiger partial charge in [0.25, 0.3) is 0 Å². The van der Waals surface area contributed by atoms with Crippen molar-refractivity contribution in [2.75, 3.05) is 18.8 Å². The summed E-state index contributed by atoms with van der Waals surface area (Å²) in [6, 6.07) is 6.04. The van der Waals surface area contributed by atoms with Crippen LogP contribution in [0, 0.1) is 11.7 Å². The number of nitrogens with zero attached hydrogens (tertiary/aromatic N) is 1. The molecule has 0 unspecified atom stereocenters. The lowest BCUT2D eigenvalue weighted by atomic mass is 10.1. The predicted octanol–water partition coefficient (Wildman–Crippen LogP) is 1.50. The summed E-state index contributed by atoms with van der Waals surface area (Å²) >= 11 is 0. The van der Waals surface area contributed by atoms with Crippen LogP contribution in [0.3, 0.4) is 0 Å². The monoisotopic (exact) mass is 328 g/mol. The van der Waals surface area contributed by atoms with E-state index in [1.165, 1.54) is 12.1 Å². The summed E-state index contributed by atoms with van der Waals surface area (Å²) < 4.78 is 38.7. The Hall–Kier alpha value is -1.47. The molecule has 1 aromatic carbocycles. The van der Waals surface area contributed by atoms with Crippen molar-refractivity contribution in [3.05, 3.63) is 35.6 Å². The number of nitrogens with one attached hydrogen (secondary N) is 1. The van der Waals surface area contributed by atoms with E-state index in [2.05, 4.69) is 4.72 Å². The van der Waals surface area contributed by atoms with Crippen LogP contribution in [0.25, 0.3) is 0 Å². The van der Waals surface area contributed by atoms with Crippen molar-refractivity contribution in [3.63, 3.8) is 0 Å². The summed E-state index contributed by atoms with van der Waals surface area (Å²) in [5.41, 5.74) is 0.863. The van der Waals surface area contributed by atoms with Crippen molar-refractivity contribution in [2.45, 2.75) is 26.3 Å². The third-order valence-corrected chi connectivity index (χ3v) is 5.20. The van der Waals surface area contributed by atoms with E-state index in [9.17, 15) is 17.6 Å². The molecule has 5 nitrogen and oxygen atoms in total. The van der Waals surface area contributed by atoms with Crippen molar-refractivity contribution in [1.29, 1.82) is 0 Å². The topological polar surface area (TPSA) is 66.5 Å². The molecule has 0 radical (unpaired) electrons. The number of rotatable bonds is 7. The molecule has 2 rings (SSSR count). The first-order valence-corrected chi connectivity index (χ1v) is 9.04. The van der Waals surface area contributed by atoms with Crippen molar-refractivity contribution >= 4 is 15.9 Å². The fraction of sp³-hybridized carbons (Fsp3) is 0.533. The molecule has 0 saturated carbocycles. The van der Waals surface area contributed by atoms with Gasteiger partial charge in [-0.1, -0.05) is 19.1 Å². The molecule has 1 atom stereocenters. The number of benzene rings is 1. The molecule has 1 aliphatic heterocycles. The molecule has 122 valence electrons. The molecule has 1 saturated heterocycles. The highest BCUT2D eigenvalue weighted by Crippen LogP contribution is 2.20. The van der Waals surface area contributed by atoms with Crippen molar-refractivity contribution in [3.8, 4) is 0 Å². The highest BCUT2D eigenvalue weighted by Gasteiger charge is 2.30. The average molecular weight is 328 g/mol. The minimum Gasteiger partial charge on any atom is -0.338 e. The Morgan fingerprint density at radius 2 is 2.00 bits per heavy atom. The van der Waals surface area contributed by atoms with Gasteiger partial charge in [0.15, 0.2) is 0 Å². The maximum atomic E-state index is 12.9. The fourth-order valence-electron chi connectivity index (χ4n) is 2.54. The molecular weight excluding hydrogens is 307 g/mol. The Morgan fingerprint density at radius 3 is 2.64 bits per heavy atom. The van der Waals surface area contributed by atoms with E-state index in [-0.39, 0.29) is 29.9 Å². The molecule has 22 heavy (non-hydrogen) atoms. The second-order valence-corrected chi connectivity index (χ2v) is 7.56. The third-order valence-electron chi connectivity index (χ3n) is 3.65. The zero-order valence-corrected chi connectivity index (χ0v) is 13.4. The normalized spacial score (nSPS) is 18.9. The lowest BCUT2D eigenvalue weighted by molar-refractivity contribution is -0.128. The lowest BCUT2D eigenvalue weighted by Crippen LogP contribution is -2.32. The quantitative estimate of drug-likeness (QED) is 0.825. The number of halogens is 1. The maximum absolute atomic E-state index is 12.9. The van der Waals surface area contributed by atoms with Gasteiger partial charge in [-0.2, -0.15) is 0 Å². The molecule has 0 bridgehead atoms. The number of likely N-dealkylation sites (tertiary alicyclic amines) is 1. The SMILES string of the molecule is CCCS(=O)(=O)NC[C@H]1CC(=O)N(Cc2ccc(F)cc2)C1. The number of hydrogen-bond acceptors (Lipinski definition) is 3. The molecule has 7 heteroatoms. The Kier molecular flexibility index (Phi) is 5.52. The number of carbonyl (C=O) groups excluding carboxylic acids is 1. The van der Waals surface area contributed by atoms with Crippen LogP contribution in [0.15, 0.2) is 24.3 Å². The number of amides is 1. The van der Waals surface area contributed by atoms with Gasteiger partial charge in [0.2, 0.25) is 15.9 Å². The van der Waals surface area contributed by atoms with Crippen LogP contribution in [0.5, 0.6) is 0 Å². The fourth-order valence-corrected chi connectivity index (χ4v) is 3.71. The molecule has 1 amide bonds. The minimum atomic E-state index is -3.24. The van der Waals surface area contributed by atoms with Crippen LogP contribution >= 0.6 is 0 Å². The largest absolute Gasteiger partial charge is 0.338 e. The van der Waals surface area contributed by atoms with Gasteiger partial charge in [-0.05, 0) is 30.0 Å². The first-order valence-electron chi connectivity index (χ1n) is 7.39. The zero-order chi connectivity index (χ0) is 16.2.